The summed E-state index contributed by atoms with van der Waals surface area (Å²) in [6, 6.07) is 10.5. The molecule has 0 aliphatic carbocycles. The van der Waals surface area contributed by atoms with Gasteiger partial charge in [-0.25, -0.2) is 4.98 Å². The van der Waals surface area contributed by atoms with Crippen LogP contribution < -0.4 is 4.74 Å². The Morgan fingerprint density at radius 2 is 1.93 bits per heavy atom. The number of nitrogens with zero attached hydrogens (tertiary/aromatic N) is 2. The van der Waals surface area contributed by atoms with Gasteiger partial charge in [-0.1, -0.05) is 31.5 Å². The third kappa shape index (κ3) is 3.24. The minimum absolute atomic E-state index is 0.536. The van der Waals surface area contributed by atoms with Crippen molar-refractivity contribution in [3.05, 3.63) is 47.2 Å². The predicted molar refractivity (Wildman–Crippen MR) is 114 cm³/mol. The Bertz CT molecular complexity index is 1120. The van der Waals surface area contributed by atoms with Gasteiger partial charge in [0, 0.05) is 29.0 Å². The Hall–Kier alpha value is -2.30. The molecule has 0 unspecified atom stereocenters. The summed E-state index contributed by atoms with van der Waals surface area (Å²) < 4.78 is 5.98. The van der Waals surface area contributed by atoms with Gasteiger partial charge in [0.25, 0.3) is 0 Å². The number of halogens is 1. The standard InChI is InChI=1S/C22H24ClN3O/c1-4-26(5-2)10-11-27-16-7-8-17-15(12-16)6-9-18-19(17)20-21(25-18)14(3)13-24-22(20)23/h6-9,12-13,25H,4-5,10-11H2,1-3H3. The lowest BCUT2D eigenvalue weighted by Gasteiger charge is -2.18. The fraction of sp³-hybridized carbons (Fsp3) is 0.318. The fourth-order valence-corrected chi connectivity index (χ4v) is 3.95. The number of aromatic amines is 1. The van der Waals surface area contributed by atoms with Gasteiger partial charge in [-0.2, -0.15) is 0 Å². The quantitative estimate of drug-likeness (QED) is 0.445. The number of benzene rings is 2. The van der Waals surface area contributed by atoms with Crippen LogP contribution in [-0.2, 0) is 0 Å². The van der Waals surface area contributed by atoms with E-state index >= 15 is 0 Å². The molecule has 0 radical (unpaired) electrons. The molecule has 0 atom stereocenters. The van der Waals surface area contributed by atoms with Crippen LogP contribution in [-0.4, -0.2) is 41.1 Å². The van der Waals surface area contributed by atoms with Gasteiger partial charge >= 0.3 is 0 Å². The zero-order chi connectivity index (χ0) is 19.0. The summed E-state index contributed by atoms with van der Waals surface area (Å²) in [4.78, 5) is 10.2. The van der Waals surface area contributed by atoms with Crippen LogP contribution >= 0.6 is 11.6 Å². The molecule has 0 bridgehead atoms. The van der Waals surface area contributed by atoms with Crippen molar-refractivity contribution >= 4 is 44.2 Å². The highest BCUT2D eigenvalue weighted by atomic mass is 35.5. The average molecular weight is 382 g/mol. The van der Waals surface area contributed by atoms with Gasteiger partial charge in [-0.3, -0.25) is 0 Å². The number of aryl methyl sites for hydroxylation is 1. The Morgan fingerprint density at radius 1 is 1.11 bits per heavy atom. The lowest BCUT2D eigenvalue weighted by Crippen LogP contribution is -2.27. The maximum Gasteiger partial charge on any atom is 0.139 e. The molecule has 4 rings (SSSR count). The molecule has 2 aromatic heterocycles. The topological polar surface area (TPSA) is 41.1 Å². The molecular weight excluding hydrogens is 358 g/mol. The summed E-state index contributed by atoms with van der Waals surface area (Å²) in [5, 5.41) is 4.95. The van der Waals surface area contributed by atoms with E-state index in [2.05, 4.69) is 53.0 Å². The molecule has 0 aliphatic heterocycles. The lowest BCUT2D eigenvalue weighted by molar-refractivity contribution is 0.223. The number of aromatic nitrogens is 2. The Morgan fingerprint density at radius 3 is 2.70 bits per heavy atom. The number of nitrogens with one attached hydrogen (secondary N) is 1. The third-order valence-corrected chi connectivity index (χ3v) is 5.58. The molecule has 5 heteroatoms. The van der Waals surface area contributed by atoms with E-state index in [1.54, 1.807) is 0 Å². The fourth-order valence-electron chi connectivity index (χ4n) is 3.71. The SMILES string of the molecule is CCN(CC)CCOc1ccc2c(ccc3[nH]c4c(C)cnc(Cl)c4c32)c1. The van der Waals surface area contributed by atoms with Crippen LogP contribution in [0.15, 0.2) is 36.5 Å². The van der Waals surface area contributed by atoms with Crippen LogP contribution in [0.1, 0.15) is 19.4 Å². The number of rotatable bonds is 6. The highest BCUT2D eigenvalue weighted by molar-refractivity contribution is 6.38. The van der Waals surface area contributed by atoms with Crippen molar-refractivity contribution in [3.63, 3.8) is 0 Å². The minimum Gasteiger partial charge on any atom is -0.492 e. The molecule has 0 spiro atoms. The number of ether oxygens (including phenoxy) is 1. The maximum absolute atomic E-state index is 6.45. The first-order valence-electron chi connectivity index (χ1n) is 9.46. The molecule has 4 aromatic rings. The van der Waals surface area contributed by atoms with Gasteiger partial charge in [0.1, 0.15) is 17.5 Å². The van der Waals surface area contributed by atoms with Crippen molar-refractivity contribution in [1.29, 1.82) is 0 Å². The van der Waals surface area contributed by atoms with Crippen LogP contribution in [0.25, 0.3) is 32.6 Å². The van der Waals surface area contributed by atoms with Crippen molar-refractivity contribution in [2.75, 3.05) is 26.2 Å². The molecule has 27 heavy (non-hydrogen) atoms. The molecule has 2 heterocycles. The molecule has 1 N–H and O–H groups in total. The first-order chi connectivity index (χ1) is 13.1. The molecule has 0 fully saturated rings. The molecule has 2 aromatic carbocycles. The van der Waals surface area contributed by atoms with Crippen molar-refractivity contribution in [2.24, 2.45) is 0 Å². The second-order valence-electron chi connectivity index (χ2n) is 6.85. The molecule has 0 saturated heterocycles. The lowest BCUT2D eigenvalue weighted by atomic mass is 10.0. The Kier molecular flexibility index (Phi) is 4.94. The second kappa shape index (κ2) is 7.37. The van der Waals surface area contributed by atoms with E-state index in [0.29, 0.717) is 11.8 Å². The number of fused-ring (bicyclic) bond motifs is 5. The van der Waals surface area contributed by atoms with Crippen molar-refractivity contribution in [1.82, 2.24) is 14.9 Å². The number of pyridine rings is 1. The van der Waals surface area contributed by atoms with Crippen LogP contribution in [0.5, 0.6) is 5.75 Å². The van der Waals surface area contributed by atoms with Crippen LogP contribution in [0, 0.1) is 6.92 Å². The van der Waals surface area contributed by atoms with Crippen LogP contribution in [0.3, 0.4) is 0 Å². The summed E-state index contributed by atoms with van der Waals surface area (Å²) in [7, 11) is 0. The molecule has 0 amide bonds. The van der Waals surface area contributed by atoms with Gasteiger partial charge in [0.05, 0.1) is 5.52 Å². The zero-order valence-electron chi connectivity index (χ0n) is 16.0. The van der Waals surface area contributed by atoms with Crippen molar-refractivity contribution in [2.45, 2.75) is 20.8 Å². The van der Waals surface area contributed by atoms with E-state index in [0.717, 1.165) is 63.5 Å². The highest BCUT2D eigenvalue weighted by Gasteiger charge is 2.14. The van der Waals surface area contributed by atoms with E-state index in [-0.39, 0.29) is 0 Å². The summed E-state index contributed by atoms with van der Waals surface area (Å²) in [6.07, 6.45) is 1.81. The average Bonchev–Trinajstić information content (AvgIpc) is 3.09. The molecule has 140 valence electrons. The summed E-state index contributed by atoms with van der Waals surface area (Å²) in [5.41, 5.74) is 3.22. The van der Waals surface area contributed by atoms with Crippen LogP contribution in [0.4, 0.5) is 0 Å². The molecule has 4 nitrogen and oxygen atoms in total. The number of H-pyrrole nitrogens is 1. The third-order valence-electron chi connectivity index (χ3n) is 5.29. The maximum atomic E-state index is 6.45. The Labute approximate surface area is 164 Å². The minimum atomic E-state index is 0.536. The number of hydrogen-bond acceptors (Lipinski definition) is 3. The summed E-state index contributed by atoms with van der Waals surface area (Å²) in [5.74, 6) is 0.897. The van der Waals surface area contributed by atoms with E-state index in [1.807, 2.05) is 19.2 Å². The summed E-state index contributed by atoms with van der Waals surface area (Å²) >= 11 is 6.45. The van der Waals surface area contributed by atoms with Gasteiger partial charge in [-0.15, -0.1) is 0 Å². The smallest absolute Gasteiger partial charge is 0.139 e. The molecule has 0 aliphatic rings. The molecular formula is C22H24ClN3O. The van der Waals surface area contributed by atoms with E-state index in [1.165, 1.54) is 0 Å². The van der Waals surface area contributed by atoms with E-state index in [9.17, 15) is 0 Å². The van der Waals surface area contributed by atoms with Crippen molar-refractivity contribution in [3.8, 4) is 5.75 Å². The first-order valence-corrected chi connectivity index (χ1v) is 9.84. The van der Waals surface area contributed by atoms with Gasteiger partial charge in [-0.05, 0) is 60.6 Å². The van der Waals surface area contributed by atoms with Crippen LogP contribution in [0.2, 0.25) is 5.15 Å². The van der Waals surface area contributed by atoms with Gasteiger partial charge < -0.3 is 14.6 Å². The normalized spacial score (nSPS) is 11.9. The zero-order valence-corrected chi connectivity index (χ0v) is 16.7. The van der Waals surface area contributed by atoms with Gasteiger partial charge in [0.2, 0.25) is 0 Å². The monoisotopic (exact) mass is 381 g/mol. The second-order valence-corrected chi connectivity index (χ2v) is 7.21. The van der Waals surface area contributed by atoms with Crippen molar-refractivity contribution < 1.29 is 4.74 Å². The molecule has 0 saturated carbocycles. The first kappa shape index (κ1) is 18.1. The highest BCUT2D eigenvalue weighted by Crippen LogP contribution is 2.37. The number of likely N-dealkylation sites (N-methyl/N-ethyl adjacent to an activating group) is 1. The predicted octanol–water partition coefficient (Wildman–Crippen LogP) is 5.55. The summed E-state index contributed by atoms with van der Waals surface area (Å²) in [6.45, 7) is 10.1. The Balaban J connectivity index is 1.74. The number of hydrogen-bond donors (Lipinski definition) is 1. The largest absolute Gasteiger partial charge is 0.492 e. The van der Waals surface area contributed by atoms with Gasteiger partial charge in [0.15, 0.2) is 0 Å². The van der Waals surface area contributed by atoms with E-state index < -0.39 is 0 Å². The van der Waals surface area contributed by atoms with E-state index in [4.69, 9.17) is 16.3 Å².